The third-order valence-corrected chi connectivity index (χ3v) is 2.30. The number of hydrogen-bond acceptors (Lipinski definition) is 3. The highest BCUT2D eigenvalue weighted by Crippen LogP contribution is 2.28. The monoisotopic (exact) mass is 190 g/mol. The molecule has 2 atom stereocenters. The molecule has 3 heteroatoms. The summed E-state index contributed by atoms with van der Waals surface area (Å²) in [5, 5.41) is 9.82. The molecule has 0 unspecified atom stereocenters. The van der Waals surface area contributed by atoms with Crippen LogP contribution in [0.2, 0.25) is 0 Å². The van der Waals surface area contributed by atoms with Gasteiger partial charge in [0.2, 0.25) is 0 Å². The normalized spacial score (nSPS) is 24.1. The number of carbonyl (C=O) groups is 1. The molecule has 1 N–H and O–H groups in total. The maximum atomic E-state index is 10.2. The summed E-state index contributed by atoms with van der Waals surface area (Å²) in [6.45, 7) is 0.353. The summed E-state index contributed by atoms with van der Waals surface area (Å²) in [7, 11) is 0. The number of carbonyl (C=O) groups excluding carboxylic acids is 1. The summed E-state index contributed by atoms with van der Waals surface area (Å²) < 4.78 is 4.73. The molecule has 0 aromatic heterocycles. The molecule has 0 saturated carbocycles. The van der Waals surface area contributed by atoms with Gasteiger partial charge in [-0.25, -0.2) is 0 Å². The lowest BCUT2D eigenvalue weighted by Crippen LogP contribution is -2.22. The molecule has 0 bridgehead atoms. The van der Waals surface area contributed by atoms with E-state index in [-0.39, 0.29) is 0 Å². The lowest BCUT2D eigenvalue weighted by molar-refractivity contribution is -0.136. The Bertz CT molecular complexity index is 371. The first kappa shape index (κ1) is 8.97. The Morgan fingerprint density at radius 3 is 2.93 bits per heavy atom. The van der Waals surface area contributed by atoms with Crippen LogP contribution in [0, 0.1) is 0 Å². The number of aliphatic hydroxyl groups excluding tert-OH is 1. The Morgan fingerprint density at radius 2 is 2.14 bits per heavy atom. The van der Waals surface area contributed by atoms with E-state index in [4.69, 9.17) is 4.74 Å². The zero-order valence-corrected chi connectivity index (χ0v) is 7.46. The molecule has 72 valence electrons. The maximum absolute atomic E-state index is 10.2. The minimum Gasteiger partial charge on any atom is -0.457 e. The number of hydrogen-bond donors (Lipinski definition) is 1. The first-order valence-corrected chi connectivity index (χ1v) is 4.37. The van der Waals surface area contributed by atoms with Gasteiger partial charge in [-0.15, -0.1) is 0 Å². The van der Waals surface area contributed by atoms with Crippen LogP contribution in [0.15, 0.2) is 30.3 Å². The van der Waals surface area contributed by atoms with Crippen LogP contribution in [-0.4, -0.2) is 17.7 Å². The van der Waals surface area contributed by atoms with Crippen LogP contribution in [-0.2, 0) is 9.53 Å². The van der Waals surface area contributed by atoms with Gasteiger partial charge >= 0.3 is 0 Å². The number of rotatable bonds is 2. The Hall–Kier alpha value is -1.61. The fourth-order valence-electron chi connectivity index (χ4n) is 1.60. The fraction of sp³-hybridized carbons (Fsp3) is 0.182. The zero-order valence-electron chi connectivity index (χ0n) is 7.46. The van der Waals surface area contributed by atoms with Crippen LogP contribution < -0.4 is 0 Å². The summed E-state index contributed by atoms with van der Waals surface area (Å²) in [5.41, 5.74) is 1.76. The molecule has 0 spiro atoms. The Labute approximate surface area is 81.6 Å². The summed E-state index contributed by atoms with van der Waals surface area (Å²) >= 11 is 0. The predicted molar refractivity (Wildman–Crippen MR) is 51.4 cm³/mol. The molecular formula is C11H10O3. The molecule has 3 nitrogen and oxygen atoms in total. The molecule has 0 fully saturated rings. The van der Waals surface area contributed by atoms with Gasteiger partial charge in [0.05, 0.1) is 0 Å². The highest BCUT2D eigenvalue weighted by atomic mass is 16.5. The van der Waals surface area contributed by atoms with Gasteiger partial charge in [0.25, 0.3) is 6.47 Å². The Kier molecular flexibility index (Phi) is 2.33. The van der Waals surface area contributed by atoms with E-state index in [2.05, 4.69) is 0 Å². The number of ether oxygens (including phenoxy) is 1. The van der Waals surface area contributed by atoms with E-state index in [0.29, 0.717) is 6.47 Å². The number of aliphatic hydroxyl groups is 1. The van der Waals surface area contributed by atoms with E-state index < -0.39 is 12.2 Å². The fourth-order valence-corrected chi connectivity index (χ4v) is 1.60. The van der Waals surface area contributed by atoms with Crippen LogP contribution in [0.4, 0.5) is 0 Å². The van der Waals surface area contributed by atoms with Crippen molar-refractivity contribution in [3.63, 3.8) is 0 Å². The van der Waals surface area contributed by atoms with Crippen molar-refractivity contribution >= 4 is 12.5 Å². The van der Waals surface area contributed by atoms with Gasteiger partial charge in [-0.2, -0.15) is 0 Å². The van der Waals surface area contributed by atoms with Gasteiger partial charge in [-0.3, -0.25) is 4.79 Å². The second-order valence-electron chi connectivity index (χ2n) is 3.13. The van der Waals surface area contributed by atoms with Crippen molar-refractivity contribution in [2.24, 2.45) is 0 Å². The SMILES string of the molecule is O=CO[C@H]1C=Cc2ccccc2[C@@H]1O. The van der Waals surface area contributed by atoms with Crippen LogP contribution in [0.3, 0.4) is 0 Å². The number of fused-ring (bicyclic) bond motifs is 1. The molecular weight excluding hydrogens is 180 g/mol. The van der Waals surface area contributed by atoms with Crippen molar-refractivity contribution in [2.45, 2.75) is 12.2 Å². The summed E-state index contributed by atoms with van der Waals surface area (Å²) in [6.07, 6.45) is 2.20. The van der Waals surface area contributed by atoms with Crippen molar-refractivity contribution < 1.29 is 14.6 Å². The molecule has 1 aromatic carbocycles. The van der Waals surface area contributed by atoms with Gasteiger partial charge in [-0.05, 0) is 17.2 Å². The van der Waals surface area contributed by atoms with Crippen LogP contribution in [0.25, 0.3) is 6.08 Å². The van der Waals surface area contributed by atoms with Crippen molar-refractivity contribution in [2.75, 3.05) is 0 Å². The molecule has 2 rings (SSSR count). The number of benzene rings is 1. The van der Waals surface area contributed by atoms with Crippen LogP contribution >= 0.6 is 0 Å². The minimum absolute atomic E-state index is 0.353. The summed E-state index contributed by atoms with van der Waals surface area (Å²) in [5.74, 6) is 0. The van der Waals surface area contributed by atoms with Crippen molar-refractivity contribution in [3.8, 4) is 0 Å². The van der Waals surface area contributed by atoms with E-state index in [1.54, 1.807) is 6.08 Å². The maximum Gasteiger partial charge on any atom is 0.293 e. The summed E-state index contributed by atoms with van der Waals surface area (Å²) in [6, 6.07) is 7.48. The largest absolute Gasteiger partial charge is 0.457 e. The molecule has 0 radical (unpaired) electrons. The first-order valence-electron chi connectivity index (χ1n) is 4.37. The lowest BCUT2D eigenvalue weighted by Gasteiger charge is -2.23. The van der Waals surface area contributed by atoms with Gasteiger partial charge in [0, 0.05) is 0 Å². The molecule has 1 aliphatic rings. The Balaban J connectivity index is 2.34. The third-order valence-electron chi connectivity index (χ3n) is 2.30. The van der Waals surface area contributed by atoms with Crippen LogP contribution in [0.5, 0.6) is 0 Å². The molecule has 0 heterocycles. The molecule has 0 saturated heterocycles. The van der Waals surface area contributed by atoms with Crippen molar-refractivity contribution in [3.05, 3.63) is 41.5 Å². The second-order valence-corrected chi connectivity index (χ2v) is 3.13. The van der Waals surface area contributed by atoms with E-state index in [1.807, 2.05) is 30.3 Å². The average Bonchev–Trinajstić information content (AvgIpc) is 2.23. The van der Waals surface area contributed by atoms with Gasteiger partial charge < -0.3 is 9.84 Å². The molecule has 1 aromatic rings. The highest BCUT2D eigenvalue weighted by molar-refractivity contribution is 5.58. The Morgan fingerprint density at radius 1 is 1.36 bits per heavy atom. The average molecular weight is 190 g/mol. The van der Waals surface area contributed by atoms with Crippen molar-refractivity contribution in [1.29, 1.82) is 0 Å². The van der Waals surface area contributed by atoms with E-state index in [0.717, 1.165) is 11.1 Å². The van der Waals surface area contributed by atoms with Crippen molar-refractivity contribution in [1.82, 2.24) is 0 Å². The molecule has 1 aliphatic carbocycles. The lowest BCUT2D eigenvalue weighted by atomic mass is 9.93. The van der Waals surface area contributed by atoms with E-state index >= 15 is 0 Å². The predicted octanol–water partition coefficient (Wildman–Crippen LogP) is 1.29. The third kappa shape index (κ3) is 1.42. The quantitative estimate of drug-likeness (QED) is 0.715. The van der Waals surface area contributed by atoms with Gasteiger partial charge in [0.1, 0.15) is 12.2 Å². The second kappa shape index (κ2) is 3.64. The smallest absolute Gasteiger partial charge is 0.293 e. The van der Waals surface area contributed by atoms with Gasteiger partial charge in [0.15, 0.2) is 0 Å². The molecule has 14 heavy (non-hydrogen) atoms. The zero-order chi connectivity index (χ0) is 9.97. The topological polar surface area (TPSA) is 46.5 Å². The van der Waals surface area contributed by atoms with E-state index in [9.17, 15) is 9.90 Å². The molecule has 0 amide bonds. The first-order chi connectivity index (χ1) is 6.83. The highest BCUT2D eigenvalue weighted by Gasteiger charge is 2.24. The minimum atomic E-state index is -0.763. The summed E-state index contributed by atoms with van der Waals surface area (Å²) in [4.78, 5) is 10.2. The van der Waals surface area contributed by atoms with E-state index in [1.165, 1.54) is 0 Å². The molecule has 0 aliphatic heterocycles. The van der Waals surface area contributed by atoms with Crippen LogP contribution in [0.1, 0.15) is 17.2 Å². The van der Waals surface area contributed by atoms with Gasteiger partial charge in [-0.1, -0.05) is 30.3 Å². The standard InChI is InChI=1S/C11H10O3/c12-7-14-10-6-5-8-3-1-2-4-9(8)11(10)13/h1-7,10-11,13H/t10-,11-/m0/s1.